The molecule has 2 heterocycles. The number of aromatic nitrogens is 2. The lowest BCUT2D eigenvalue weighted by Gasteiger charge is -2.02. The average molecular weight is 216 g/mol. The molecule has 80 valence electrons. The summed E-state index contributed by atoms with van der Waals surface area (Å²) >= 11 is 0. The number of nitrogens with one attached hydrogen (secondary N) is 1. The molecule has 0 aliphatic carbocycles. The molecule has 2 aromatic heterocycles. The SMILES string of the molecule is NCc1[nH]c2cccc[n+]2c1C(F)(F)F. The number of imidazole rings is 1. The van der Waals surface area contributed by atoms with Crippen LogP contribution in [0.3, 0.4) is 0 Å². The fourth-order valence-corrected chi connectivity index (χ4v) is 1.55. The van der Waals surface area contributed by atoms with Gasteiger partial charge in [-0.2, -0.15) is 17.6 Å². The maximum absolute atomic E-state index is 12.7. The first-order valence-corrected chi connectivity index (χ1v) is 4.32. The van der Waals surface area contributed by atoms with Crippen LogP contribution in [-0.2, 0) is 12.7 Å². The molecule has 15 heavy (non-hydrogen) atoms. The third-order valence-corrected chi connectivity index (χ3v) is 2.14. The van der Waals surface area contributed by atoms with Crippen LogP contribution in [0.15, 0.2) is 24.4 Å². The minimum atomic E-state index is -4.40. The van der Waals surface area contributed by atoms with E-state index in [2.05, 4.69) is 4.98 Å². The molecule has 0 aromatic carbocycles. The summed E-state index contributed by atoms with van der Waals surface area (Å²) in [7, 11) is 0. The number of pyridine rings is 1. The Balaban J connectivity index is 2.79. The van der Waals surface area contributed by atoms with E-state index in [1.165, 1.54) is 12.3 Å². The van der Waals surface area contributed by atoms with E-state index in [9.17, 15) is 13.2 Å². The summed E-state index contributed by atoms with van der Waals surface area (Å²) in [6.07, 6.45) is -3.05. The number of aromatic amines is 1. The van der Waals surface area contributed by atoms with Crippen LogP contribution < -0.4 is 10.1 Å². The zero-order valence-corrected chi connectivity index (χ0v) is 7.67. The topological polar surface area (TPSA) is 45.9 Å². The Morgan fingerprint density at radius 2 is 2.07 bits per heavy atom. The van der Waals surface area contributed by atoms with Gasteiger partial charge in [-0.15, -0.1) is 0 Å². The van der Waals surface area contributed by atoms with Crippen LogP contribution in [0, 0.1) is 0 Å². The monoisotopic (exact) mass is 216 g/mol. The summed E-state index contributed by atoms with van der Waals surface area (Å²) < 4.78 is 39.2. The zero-order valence-electron chi connectivity index (χ0n) is 7.67. The lowest BCUT2D eigenvalue weighted by molar-refractivity contribution is -0.540. The second kappa shape index (κ2) is 3.23. The lowest BCUT2D eigenvalue weighted by Crippen LogP contribution is -2.30. The molecule has 0 aliphatic heterocycles. The van der Waals surface area contributed by atoms with Gasteiger partial charge < -0.3 is 5.73 Å². The molecule has 3 N–H and O–H groups in total. The Morgan fingerprint density at radius 1 is 1.33 bits per heavy atom. The van der Waals surface area contributed by atoms with Crippen molar-refractivity contribution >= 4 is 5.65 Å². The van der Waals surface area contributed by atoms with Crippen molar-refractivity contribution in [1.82, 2.24) is 4.98 Å². The van der Waals surface area contributed by atoms with Crippen LogP contribution in [0.4, 0.5) is 13.2 Å². The van der Waals surface area contributed by atoms with Gasteiger partial charge in [-0.05, 0) is 6.07 Å². The van der Waals surface area contributed by atoms with E-state index in [0.29, 0.717) is 5.65 Å². The molecule has 0 spiro atoms. The summed E-state index contributed by atoms with van der Waals surface area (Å²) in [4.78, 5) is 2.64. The number of rotatable bonds is 1. The molecule has 0 radical (unpaired) electrons. The molecule has 0 saturated carbocycles. The first-order chi connectivity index (χ1) is 7.04. The molecule has 0 fully saturated rings. The van der Waals surface area contributed by atoms with Crippen LogP contribution in [-0.4, -0.2) is 4.98 Å². The number of hydrogen-bond donors (Lipinski definition) is 2. The van der Waals surface area contributed by atoms with E-state index in [0.717, 1.165) is 4.40 Å². The summed E-state index contributed by atoms with van der Waals surface area (Å²) in [5.41, 5.74) is 4.91. The first-order valence-electron chi connectivity index (χ1n) is 4.32. The highest BCUT2D eigenvalue weighted by Crippen LogP contribution is 2.29. The van der Waals surface area contributed by atoms with Crippen LogP contribution in [0.1, 0.15) is 11.4 Å². The highest BCUT2D eigenvalue weighted by Gasteiger charge is 2.42. The quantitative estimate of drug-likeness (QED) is 0.692. The predicted molar refractivity (Wildman–Crippen MR) is 46.8 cm³/mol. The molecule has 0 aliphatic rings. The fraction of sp³-hybridized carbons (Fsp3) is 0.222. The van der Waals surface area contributed by atoms with Crippen LogP contribution in [0.25, 0.3) is 5.65 Å². The predicted octanol–water partition coefficient (Wildman–Crippen LogP) is 1.23. The van der Waals surface area contributed by atoms with E-state index in [1.807, 2.05) is 0 Å². The van der Waals surface area contributed by atoms with E-state index in [-0.39, 0.29) is 12.2 Å². The van der Waals surface area contributed by atoms with Crippen molar-refractivity contribution in [2.45, 2.75) is 12.7 Å². The number of fused-ring (bicyclic) bond motifs is 1. The molecule has 0 atom stereocenters. The third kappa shape index (κ3) is 1.56. The number of nitrogens with two attached hydrogens (primary N) is 1. The number of hydrogen-bond acceptors (Lipinski definition) is 1. The van der Waals surface area contributed by atoms with E-state index >= 15 is 0 Å². The third-order valence-electron chi connectivity index (χ3n) is 2.14. The Kier molecular flexibility index (Phi) is 2.15. The van der Waals surface area contributed by atoms with Gasteiger partial charge in [0.1, 0.15) is 0 Å². The van der Waals surface area contributed by atoms with Crippen LogP contribution >= 0.6 is 0 Å². The van der Waals surface area contributed by atoms with E-state index in [4.69, 9.17) is 5.73 Å². The summed E-state index contributed by atoms with van der Waals surface area (Å²) in [6.45, 7) is -0.170. The fourth-order valence-electron chi connectivity index (χ4n) is 1.55. The average Bonchev–Trinajstić information content (AvgIpc) is 2.54. The van der Waals surface area contributed by atoms with Gasteiger partial charge in [0.2, 0.25) is 0 Å². The maximum atomic E-state index is 12.7. The Hall–Kier alpha value is -1.56. The second-order valence-electron chi connectivity index (χ2n) is 3.11. The molecule has 0 amide bonds. The molecule has 0 unspecified atom stereocenters. The summed E-state index contributed by atoms with van der Waals surface area (Å²) in [5, 5.41) is 0. The van der Waals surface area contributed by atoms with Gasteiger partial charge >= 0.3 is 6.18 Å². The molecule has 2 aromatic rings. The standard InChI is InChI=1S/C9H8F3N3/c10-9(11,12)8-6(5-13)14-7-3-1-2-4-15(7)8/h1-4H,5,13H2/p+1. The number of alkyl halides is 3. The van der Waals surface area contributed by atoms with Crippen molar-refractivity contribution < 1.29 is 17.6 Å². The molecular weight excluding hydrogens is 207 g/mol. The van der Waals surface area contributed by atoms with Crippen molar-refractivity contribution in [3.8, 4) is 0 Å². The maximum Gasteiger partial charge on any atom is 0.458 e. The minimum absolute atomic E-state index is 0.00583. The van der Waals surface area contributed by atoms with Crippen LogP contribution in [0.2, 0.25) is 0 Å². The van der Waals surface area contributed by atoms with E-state index < -0.39 is 11.9 Å². The zero-order chi connectivity index (χ0) is 11.1. The van der Waals surface area contributed by atoms with Gasteiger partial charge in [0.15, 0.2) is 5.69 Å². The Labute approximate surface area is 83.3 Å². The Bertz CT molecular complexity index is 487. The van der Waals surface area contributed by atoms with Gasteiger partial charge in [-0.3, -0.25) is 0 Å². The van der Waals surface area contributed by atoms with Gasteiger partial charge in [0.05, 0.1) is 12.7 Å². The highest BCUT2D eigenvalue weighted by atomic mass is 19.4. The van der Waals surface area contributed by atoms with E-state index in [1.54, 1.807) is 12.1 Å². The summed E-state index contributed by atoms with van der Waals surface area (Å²) in [5.74, 6) is 0. The van der Waals surface area contributed by atoms with Gasteiger partial charge in [0, 0.05) is 6.07 Å². The van der Waals surface area contributed by atoms with Crippen LogP contribution in [0.5, 0.6) is 0 Å². The number of nitrogens with zero attached hydrogens (tertiary/aromatic N) is 1. The molecule has 2 rings (SSSR count). The molecule has 6 heteroatoms. The van der Waals surface area contributed by atoms with Crippen molar-refractivity contribution in [1.29, 1.82) is 0 Å². The largest absolute Gasteiger partial charge is 0.458 e. The second-order valence-corrected chi connectivity index (χ2v) is 3.11. The molecule has 3 nitrogen and oxygen atoms in total. The van der Waals surface area contributed by atoms with Gasteiger partial charge in [-0.25, -0.2) is 4.98 Å². The van der Waals surface area contributed by atoms with Gasteiger partial charge in [0.25, 0.3) is 11.3 Å². The molecule has 0 saturated heterocycles. The lowest BCUT2D eigenvalue weighted by atomic mass is 10.3. The normalized spacial score (nSPS) is 12.3. The number of H-pyrrole nitrogens is 1. The van der Waals surface area contributed by atoms with Crippen molar-refractivity contribution in [3.05, 3.63) is 35.8 Å². The minimum Gasteiger partial charge on any atom is -0.323 e. The van der Waals surface area contributed by atoms with Crippen molar-refractivity contribution in [2.24, 2.45) is 5.73 Å². The summed E-state index contributed by atoms with van der Waals surface area (Å²) in [6, 6.07) is 4.76. The number of halogens is 3. The first kappa shape index (κ1) is 9.97. The smallest absolute Gasteiger partial charge is 0.323 e. The molecular formula is C9H9F3N3+. The highest BCUT2D eigenvalue weighted by molar-refractivity contribution is 5.32. The molecule has 0 bridgehead atoms. The van der Waals surface area contributed by atoms with Crippen molar-refractivity contribution in [3.63, 3.8) is 0 Å². The van der Waals surface area contributed by atoms with Crippen molar-refractivity contribution in [2.75, 3.05) is 0 Å². The Morgan fingerprint density at radius 3 is 2.67 bits per heavy atom. The van der Waals surface area contributed by atoms with Gasteiger partial charge in [-0.1, -0.05) is 6.07 Å².